The van der Waals surface area contributed by atoms with Crippen molar-refractivity contribution in [3.05, 3.63) is 58.7 Å². The molecule has 140 valence electrons. The van der Waals surface area contributed by atoms with Gasteiger partial charge in [0.05, 0.1) is 5.69 Å². The fraction of sp³-hybridized carbons (Fsp3) is 0.316. The van der Waals surface area contributed by atoms with Gasteiger partial charge in [0, 0.05) is 11.1 Å². The van der Waals surface area contributed by atoms with E-state index >= 15 is 0 Å². The number of halogens is 2. The number of benzene rings is 2. The van der Waals surface area contributed by atoms with Crippen molar-refractivity contribution in [1.82, 2.24) is 0 Å². The largest absolute Gasteiger partial charge is 0.489 e. The highest BCUT2D eigenvalue weighted by Crippen LogP contribution is 2.34. The van der Waals surface area contributed by atoms with Gasteiger partial charge in [0.2, 0.25) is 0 Å². The average molecular weight is 381 g/mol. The maximum atomic E-state index is 13.3. The van der Waals surface area contributed by atoms with E-state index in [1.165, 1.54) is 24.0 Å². The molecule has 0 spiro atoms. The molecule has 0 fully saturated rings. The quantitative estimate of drug-likeness (QED) is 0.511. The van der Waals surface area contributed by atoms with E-state index in [-0.39, 0.29) is 17.4 Å². The van der Waals surface area contributed by atoms with Crippen molar-refractivity contribution in [2.24, 2.45) is 0 Å². The summed E-state index contributed by atoms with van der Waals surface area (Å²) >= 11 is 0.729. The Kier molecular flexibility index (Phi) is 6.99. The first-order valence-electron chi connectivity index (χ1n) is 8.08. The van der Waals surface area contributed by atoms with Crippen LogP contribution in [0.15, 0.2) is 36.4 Å². The van der Waals surface area contributed by atoms with E-state index in [4.69, 9.17) is 4.74 Å². The summed E-state index contributed by atoms with van der Waals surface area (Å²) in [5, 5.41) is 9.61. The topological polar surface area (TPSA) is 49.8 Å². The molecular weight excluding hydrogens is 360 g/mol. The van der Waals surface area contributed by atoms with Gasteiger partial charge in [-0.1, -0.05) is 49.0 Å². The highest BCUT2D eigenvalue weighted by molar-refractivity contribution is 8.13. The minimum absolute atomic E-state index is 0.0546. The second-order valence-corrected chi connectivity index (χ2v) is 6.44. The molecule has 7 heteroatoms. The van der Waals surface area contributed by atoms with Crippen molar-refractivity contribution in [2.75, 3.05) is 11.3 Å². The molecule has 2 rings (SSSR count). The van der Waals surface area contributed by atoms with Gasteiger partial charge in [-0.3, -0.25) is 10.0 Å². The molecule has 0 aromatic heterocycles. The van der Waals surface area contributed by atoms with E-state index in [1.807, 2.05) is 25.1 Å². The van der Waals surface area contributed by atoms with E-state index in [0.717, 1.165) is 23.7 Å². The van der Waals surface area contributed by atoms with Gasteiger partial charge >= 0.3 is 5.24 Å². The molecule has 0 bridgehead atoms. The Morgan fingerprint density at radius 2 is 2.04 bits per heavy atom. The summed E-state index contributed by atoms with van der Waals surface area (Å²) in [6.07, 6.45) is -0.469. The summed E-state index contributed by atoms with van der Waals surface area (Å²) < 4.78 is 32.5. The number of ether oxygens (including phenoxy) is 1. The first-order chi connectivity index (χ1) is 12.4. The van der Waals surface area contributed by atoms with Crippen LogP contribution >= 0.6 is 11.8 Å². The first kappa shape index (κ1) is 20.2. The minimum Gasteiger partial charge on any atom is -0.489 e. The lowest BCUT2D eigenvalue weighted by atomic mass is 10.1. The summed E-state index contributed by atoms with van der Waals surface area (Å²) in [7, 11) is 0. The van der Waals surface area contributed by atoms with Crippen LogP contribution in [-0.2, 0) is 13.0 Å². The summed E-state index contributed by atoms with van der Waals surface area (Å²) in [6, 6.07) is 9.95. The summed E-state index contributed by atoms with van der Waals surface area (Å²) in [6.45, 7) is 3.90. The third-order valence-corrected chi connectivity index (χ3v) is 4.50. The van der Waals surface area contributed by atoms with Crippen molar-refractivity contribution < 1.29 is 23.5 Å². The Hall–Kier alpha value is -2.12. The number of hydrogen-bond donors (Lipinski definition) is 1. The molecule has 1 amide bonds. The number of nitrogens with zero attached hydrogens (tertiary/aromatic N) is 1. The van der Waals surface area contributed by atoms with Crippen LogP contribution in [0, 0.1) is 6.92 Å². The van der Waals surface area contributed by atoms with Gasteiger partial charge in [0.15, 0.2) is 0 Å². The van der Waals surface area contributed by atoms with Gasteiger partial charge in [0.25, 0.3) is 6.43 Å². The van der Waals surface area contributed by atoms with Crippen LogP contribution in [0.4, 0.5) is 19.3 Å². The van der Waals surface area contributed by atoms with Crippen LogP contribution in [0.2, 0.25) is 0 Å². The van der Waals surface area contributed by atoms with Crippen LogP contribution in [0.5, 0.6) is 5.75 Å². The number of carbonyl (C=O) groups is 1. The maximum absolute atomic E-state index is 13.3. The van der Waals surface area contributed by atoms with E-state index in [0.29, 0.717) is 11.3 Å². The molecule has 0 aliphatic carbocycles. The Bertz CT molecular complexity index is 783. The smallest absolute Gasteiger partial charge is 0.309 e. The maximum Gasteiger partial charge on any atom is 0.309 e. The van der Waals surface area contributed by atoms with Crippen LogP contribution in [0.25, 0.3) is 0 Å². The molecule has 4 nitrogen and oxygen atoms in total. The lowest BCUT2D eigenvalue weighted by Gasteiger charge is -2.21. The molecule has 0 radical (unpaired) electrons. The molecule has 2 aromatic carbocycles. The van der Waals surface area contributed by atoms with Gasteiger partial charge in [-0.05, 0) is 36.8 Å². The molecule has 26 heavy (non-hydrogen) atoms. The molecule has 0 saturated carbocycles. The van der Waals surface area contributed by atoms with E-state index in [9.17, 15) is 18.8 Å². The summed E-state index contributed by atoms with van der Waals surface area (Å²) in [5.74, 6) is 0.622. The van der Waals surface area contributed by atoms with Gasteiger partial charge < -0.3 is 4.74 Å². The monoisotopic (exact) mass is 381 g/mol. The highest BCUT2D eigenvalue weighted by Gasteiger charge is 2.24. The Balaban J connectivity index is 2.34. The zero-order valence-electron chi connectivity index (χ0n) is 14.8. The van der Waals surface area contributed by atoms with Crippen LogP contribution in [0.1, 0.15) is 35.6 Å². The number of carbonyl (C=O) groups excluding carboxylic acids is 1. The second kappa shape index (κ2) is 9.00. The number of hydrogen-bond acceptors (Lipinski definition) is 4. The normalized spacial score (nSPS) is 10.9. The lowest BCUT2D eigenvalue weighted by molar-refractivity contribution is 0.149. The van der Waals surface area contributed by atoms with E-state index in [2.05, 4.69) is 6.92 Å². The van der Waals surface area contributed by atoms with E-state index in [1.54, 1.807) is 6.07 Å². The number of hydroxylamine groups is 1. The van der Waals surface area contributed by atoms with Crippen molar-refractivity contribution in [1.29, 1.82) is 0 Å². The Morgan fingerprint density at radius 1 is 1.31 bits per heavy atom. The van der Waals surface area contributed by atoms with Crippen LogP contribution in [0.3, 0.4) is 0 Å². The van der Waals surface area contributed by atoms with Crippen LogP contribution < -0.4 is 9.80 Å². The Labute approximate surface area is 155 Å². The molecule has 0 atom stereocenters. The molecule has 0 heterocycles. The number of rotatable bonds is 6. The predicted molar refractivity (Wildman–Crippen MR) is 99.5 cm³/mol. The second-order valence-electron chi connectivity index (χ2n) is 5.68. The fourth-order valence-corrected chi connectivity index (χ4v) is 2.85. The van der Waals surface area contributed by atoms with Gasteiger partial charge in [-0.15, -0.1) is 0 Å². The number of alkyl halides is 2. The van der Waals surface area contributed by atoms with Crippen molar-refractivity contribution in [3.63, 3.8) is 0 Å². The molecule has 1 N–H and O–H groups in total. The van der Waals surface area contributed by atoms with Crippen molar-refractivity contribution >= 4 is 22.7 Å². The average Bonchev–Trinajstić information content (AvgIpc) is 2.65. The molecule has 2 aromatic rings. The number of aryl methyl sites for hydroxylation is 2. The SMILES string of the molecule is CCc1ccc(OCc2cccc(C(F)F)c2N(O)C(=O)SC)c(C)c1. The number of amides is 1. The number of anilines is 1. The van der Waals surface area contributed by atoms with Crippen molar-refractivity contribution in [3.8, 4) is 5.75 Å². The number of para-hydroxylation sites is 1. The summed E-state index contributed by atoms with van der Waals surface area (Å²) in [5.41, 5.74) is 1.74. The standard InChI is InChI=1S/C19H21F2NO3S/c1-4-13-8-9-16(12(2)10-13)25-11-14-6-5-7-15(18(20)21)17(14)22(24)19(23)26-3/h5-10,18,24H,4,11H2,1-3H3. The molecule has 0 aliphatic heterocycles. The highest BCUT2D eigenvalue weighted by atomic mass is 32.2. The first-order valence-corrected chi connectivity index (χ1v) is 9.30. The van der Waals surface area contributed by atoms with Gasteiger partial charge in [-0.25, -0.2) is 8.78 Å². The zero-order chi connectivity index (χ0) is 19.3. The molecular formula is C19H21F2NO3S. The molecule has 0 unspecified atom stereocenters. The molecule has 0 aliphatic rings. The van der Waals surface area contributed by atoms with Gasteiger partial charge in [-0.2, -0.15) is 5.06 Å². The van der Waals surface area contributed by atoms with Crippen LogP contribution in [-0.4, -0.2) is 16.7 Å². The minimum atomic E-state index is -2.83. The van der Waals surface area contributed by atoms with Gasteiger partial charge in [0.1, 0.15) is 12.4 Å². The number of thioether (sulfide) groups is 1. The molecule has 0 saturated heterocycles. The summed E-state index contributed by atoms with van der Waals surface area (Å²) in [4.78, 5) is 11.8. The third kappa shape index (κ3) is 4.53. The van der Waals surface area contributed by atoms with Crippen molar-refractivity contribution in [2.45, 2.75) is 33.3 Å². The van der Waals surface area contributed by atoms with E-state index < -0.39 is 17.2 Å². The predicted octanol–water partition coefficient (Wildman–Crippen LogP) is 5.75. The third-order valence-electron chi connectivity index (χ3n) is 3.98. The zero-order valence-corrected chi connectivity index (χ0v) is 15.6. The lowest BCUT2D eigenvalue weighted by Crippen LogP contribution is -2.25. The fourth-order valence-electron chi connectivity index (χ4n) is 2.59. The Morgan fingerprint density at radius 3 is 2.62 bits per heavy atom.